The molecule has 0 aliphatic carbocycles. The van der Waals surface area contributed by atoms with Gasteiger partial charge in [0.1, 0.15) is 12.7 Å². The van der Waals surface area contributed by atoms with Gasteiger partial charge in [-0.2, -0.15) is 9.77 Å². The van der Waals surface area contributed by atoms with Crippen LogP contribution >= 0.6 is 12.2 Å². The van der Waals surface area contributed by atoms with E-state index in [2.05, 4.69) is 5.10 Å². The monoisotopic (exact) mass is 576 g/mol. The van der Waals surface area contributed by atoms with Gasteiger partial charge in [0.2, 0.25) is 4.77 Å². The van der Waals surface area contributed by atoms with Crippen LogP contribution in [0.5, 0.6) is 0 Å². The van der Waals surface area contributed by atoms with Crippen molar-refractivity contribution in [2.24, 2.45) is 0 Å². The number of rotatable bonds is 8. The third-order valence-corrected chi connectivity index (χ3v) is 5.88. The van der Waals surface area contributed by atoms with E-state index >= 15 is 0 Å². The van der Waals surface area contributed by atoms with Crippen molar-refractivity contribution in [1.29, 1.82) is 0 Å². The van der Waals surface area contributed by atoms with Crippen LogP contribution in [-0.2, 0) is 42.9 Å². The number of aromatic nitrogens is 3. The Morgan fingerprint density at radius 1 is 0.925 bits per heavy atom. The first-order chi connectivity index (χ1) is 18.9. The number of nitrogens with zero attached hydrogens (tertiary/aromatic N) is 3. The SMILES string of the molecule is CC(=O)OC[C@H]1O[C@@H](n2nc(/C=C/c3ccccc3)c(=O)n(N)c2=S)[C@H](OC(C)=O)[C@@H](OC(C)=O)[C@@H]1OC(C)=O. The van der Waals surface area contributed by atoms with Crippen LogP contribution in [0.15, 0.2) is 35.1 Å². The van der Waals surface area contributed by atoms with E-state index in [1.165, 1.54) is 6.08 Å². The maximum atomic E-state index is 12.9. The molecule has 0 radical (unpaired) electrons. The molecule has 2 heterocycles. The number of nitrogens with two attached hydrogens (primary N) is 1. The van der Waals surface area contributed by atoms with Crippen molar-refractivity contribution in [1.82, 2.24) is 14.5 Å². The summed E-state index contributed by atoms with van der Waals surface area (Å²) in [6.45, 7) is 3.99. The Balaban J connectivity index is 2.19. The van der Waals surface area contributed by atoms with Crippen LogP contribution in [0.1, 0.15) is 45.2 Å². The molecule has 5 atom stereocenters. The number of hydrogen-bond donors (Lipinski definition) is 1. The second kappa shape index (κ2) is 13.1. The maximum Gasteiger partial charge on any atom is 0.303 e. The highest BCUT2D eigenvalue weighted by Gasteiger charge is 2.53. The zero-order valence-corrected chi connectivity index (χ0v) is 22.9. The predicted octanol–water partition coefficient (Wildman–Crippen LogP) is 0.914. The molecule has 15 heteroatoms. The Bertz CT molecular complexity index is 1420. The Kier molecular flexibility index (Phi) is 9.90. The Morgan fingerprint density at radius 2 is 1.50 bits per heavy atom. The standard InChI is InChI=1S/C25H28N4O10S/c1-13(30)35-12-19-20(36-14(2)31)21(37-15(3)32)22(38-16(4)33)24(39-19)29-25(40)28(26)23(34)18(27-29)11-10-17-8-6-5-7-9-17/h5-11,19-22,24H,12,26H2,1-4H3/b11-10+/t19-,20-,21+,22-,24-/m1/s1. The van der Waals surface area contributed by atoms with Gasteiger partial charge in [0.15, 0.2) is 30.2 Å². The fraction of sp³-hybridized carbons (Fsp3) is 0.400. The van der Waals surface area contributed by atoms with Crippen LogP contribution in [0.4, 0.5) is 0 Å². The highest BCUT2D eigenvalue weighted by atomic mass is 32.1. The predicted molar refractivity (Wildman–Crippen MR) is 140 cm³/mol. The van der Waals surface area contributed by atoms with Crippen molar-refractivity contribution in [3.63, 3.8) is 0 Å². The van der Waals surface area contributed by atoms with Gasteiger partial charge >= 0.3 is 23.9 Å². The van der Waals surface area contributed by atoms with Gasteiger partial charge in [-0.3, -0.25) is 24.0 Å². The highest BCUT2D eigenvalue weighted by molar-refractivity contribution is 7.71. The van der Waals surface area contributed by atoms with E-state index in [1.54, 1.807) is 30.3 Å². The van der Waals surface area contributed by atoms with E-state index in [1.807, 2.05) is 6.07 Å². The molecule has 2 aromatic rings. The van der Waals surface area contributed by atoms with Crippen LogP contribution in [-0.4, -0.2) is 69.4 Å². The first-order valence-electron chi connectivity index (χ1n) is 11.9. The number of ether oxygens (including phenoxy) is 5. The normalized spacial score (nSPS) is 22.4. The summed E-state index contributed by atoms with van der Waals surface area (Å²) in [6, 6.07) is 9.03. The molecule has 0 bridgehead atoms. The molecular formula is C25H28N4O10S. The first-order valence-corrected chi connectivity index (χ1v) is 12.3. The molecule has 0 amide bonds. The second-order valence-electron chi connectivity index (χ2n) is 8.62. The molecule has 40 heavy (non-hydrogen) atoms. The molecular weight excluding hydrogens is 548 g/mol. The molecule has 3 rings (SSSR count). The van der Waals surface area contributed by atoms with Crippen molar-refractivity contribution in [3.05, 3.63) is 56.7 Å². The lowest BCUT2D eigenvalue weighted by molar-refractivity contribution is -0.271. The van der Waals surface area contributed by atoms with Gasteiger partial charge in [-0.05, 0) is 23.9 Å². The summed E-state index contributed by atoms with van der Waals surface area (Å²) in [5, 5.41) is 4.30. The Morgan fingerprint density at radius 3 is 2.08 bits per heavy atom. The summed E-state index contributed by atoms with van der Waals surface area (Å²) in [7, 11) is 0. The van der Waals surface area contributed by atoms with Crippen molar-refractivity contribution < 1.29 is 42.9 Å². The number of hydrogen-bond acceptors (Lipinski definition) is 13. The highest BCUT2D eigenvalue weighted by Crippen LogP contribution is 2.34. The first kappa shape index (κ1) is 30.2. The molecule has 1 fully saturated rings. The molecule has 1 aliphatic rings. The molecule has 0 unspecified atom stereocenters. The van der Waals surface area contributed by atoms with Gasteiger partial charge < -0.3 is 29.5 Å². The summed E-state index contributed by atoms with van der Waals surface area (Å²) >= 11 is 5.35. The van der Waals surface area contributed by atoms with E-state index in [9.17, 15) is 24.0 Å². The number of nitrogen functional groups attached to an aromatic ring is 1. The molecule has 0 saturated carbocycles. The van der Waals surface area contributed by atoms with E-state index in [0.29, 0.717) is 4.68 Å². The zero-order valence-electron chi connectivity index (χ0n) is 22.0. The number of esters is 4. The van der Waals surface area contributed by atoms with E-state index in [0.717, 1.165) is 37.9 Å². The molecule has 14 nitrogen and oxygen atoms in total. The van der Waals surface area contributed by atoms with Gasteiger partial charge in [0.05, 0.1) is 0 Å². The topological polar surface area (TPSA) is 180 Å². The summed E-state index contributed by atoms with van der Waals surface area (Å²) < 4.78 is 28.7. The quantitative estimate of drug-likeness (QED) is 0.203. The molecule has 1 saturated heterocycles. The maximum absolute atomic E-state index is 12.9. The number of carbonyl (C=O) groups is 4. The summed E-state index contributed by atoms with van der Waals surface area (Å²) in [4.78, 5) is 60.6. The van der Waals surface area contributed by atoms with E-state index in [-0.39, 0.29) is 10.5 Å². The van der Waals surface area contributed by atoms with Crippen LogP contribution in [0.3, 0.4) is 0 Å². The number of benzene rings is 1. The lowest BCUT2D eigenvalue weighted by Gasteiger charge is -2.44. The third kappa shape index (κ3) is 7.39. The minimum Gasteiger partial charge on any atom is -0.463 e. The zero-order chi connectivity index (χ0) is 29.6. The lowest BCUT2D eigenvalue weighted by atomic mass is 9.97. The van der Waals surface area contributed by atoms with Gasteiger partial charge in [0.25, 0.3) is 5.56 Å². The van der Waals surface area contributed by atoms with Gasteiger partial charge in [-0.15, -0.1) is 0 Å². The van der Waals surface area contributed by atoms with Crippen LogP contribution < -0.4 is 11.4 Å². The van der Waals surface area contributed by atoms with Gasteiger partial charge in [0, 0.05) is 27.7 Å². The van der Waals surface area contributed by atoms with Crippen molar-refractivity contribution in [3.8, 4) is 0 Å². The van der Waals surface area contributed by atoms with E-state index in [4.69, 9.17) is 41.7 Å². The Labute approximate surface area is 233 Å². The molecule has 1 aliphatic heterocycles. The molecule has 2 N–H and O–H groups in total. The fourth-order valence-corrected chi connectivity index (χ4v) is 4.16. The molecule has 0 spiro atoms. The lowest BCUT2D eigenvalue weighted by Crippen LogP contribution is -2.61. The molecule has 1 aromatic carbocycles. The average Bonchev–Trinajstić information content (AvgIpc) is 2.88. The van der Waals surface area contributed by atoms with Gasteiger partial charge in [-0.25, -0.2) is 4.68 Å². The second-order valence-corrected chi connectivity index (χ2v) is 8.99. The summed E-state index contributed by atoms with van der Waals surface area (Å²) in [5.74, 6) is 2.89. The van der Waals surface area contributed by atoms with Crippen LogP contribution in [0.25, 0.3) is 12.2 Å². The Hall–Kier alpha value is -4.37. The largest absolute Gasteiger partial charge is 0.463 e. The van der Waals surface area contributed by atoms with Crippen LogP contribution in [0.2, 0.25) is 0 Å². The van der Waals surface area contributed by atoms with E-state index < -0.39 is 66.7 Å². The summed E-state index contributed by atoms with van der Waals surface area (Å²) in [5.41, 5.74) is -0.138. The molecule has 214 valence electrons. The summed E-state index contributed by atoms with van der Waals surface area (Å²) in [6.07, 6.45) is -4.05. The minimum atomic E-state index is -1.50. The minimum absolute atomic E-state index is 0.159. The average molecular weight is 577 g/mol. The van der Waals surface area contributed by atoms with Crippen molar-refractivity contribution in [2.75, 3.05) is 12.4 Å². The fourth-order valence-electron chi connectivity index (χ4n) is 3.93. The van der Waals surface area contributed by atoms with Crippen molar-refractivity contribution in [2.45, 2.75) is 58.3 Å². The number of carbonyl (C=O) groups excluding carboxylic acids is 4. The third-order valence-electron chi connectivity index (χ3n) is 5.50. The van der Waals surface area contributed by atoms with Gasteiger partial charge in [-0.1, -0.05) is 36.4 Å². The smallest absolute Gasteiger partial charge is 0.303 e. The van der Waals surface area contributed by atoms with Crippen LogP contribution in [0, 0.1) is 4.77 Å². The van der Waals surface area contributed by atoms with Crippen molar-refractivity contribution >= 4 is 48.2 Å². The molecule has 1 aromatic heterocycles.